The summed E-state index contributed by atoms with van der Waals surface area (Å²) in [7, 11) is -3.22. The third-order valence-corrected chi connectivity index (χ3v) is 3.65. The highest BCUT2D eigenvalue weighted by atomic mass is 32.2. The lowest BCUT2D eigenvalue weighted by atomic mass is 10.2. The van der Waals surface area contributed by atoms with Crippen molar-refractivity contribution >= 4 is 15.7 Å². The largest absolute Gasteiger partial charge is 0.366 e. The Bertz CT molecular complexity index is 500. The number of rotatable bonds is 3. The molecule has 16 heavy (non-hydrogen) atoms. The Balaban J connectivity index is 2.26. The lowest BCUT2D eigenvalue weighted by molar-refractivity contribution is 0.601. The van der Waals surface area contributed by atoms with Gasteiger partial charge >= 0.3 is 0 Å². The minimum Gasteiger partial charge on any atom is -0.366 e. The van der Waals surface area contributed by atoms with Gasteiger partial charge in [-0.3, -0.25) is 0 Å². The zero-order chi connectivity index (χ0) is 11.6. The quantitative estimate of drug-likeness (QED) is 0.813. The van der Waals surface area contributed by atoms with Crippen LogP contribution >= 0.6 is 0 Å². The summed E-state index contributed by atoms with van der Waals surface area (Å²) in [5, 5.41) is 3.16. The summed E-state index contributed by atoms with van der Waals surface area (Å²) in [5.74, 6) is 0.457. The molecule has 0 aromatic carbocycles. The summed E-state index contributed by atoms with van der Waals surface area (Å²) in [5.41, 5.74) is 0. The molecule has 0 bridgehead atoms. The summed E-state index contributed by atoms with van der Waals surface area (Å²) in [6.07, 6.45) is 8.79. The molecular formula is C11H14N2O2S. The Hall–Kier alpha value is -1.36. The Labute approximate surface area is 95.3 Å². The van der Waals surface area contributed by atoms with Crippen LogP contribution in [0.4, 0.5) is 5.82 Å². The fourth-order valence-electron chi connectivity index (χ4n) is 1.73. The Morgan fingerprint density at radius 3 is 2.69 bits per heavy atom. The van der Waals surface area contributed by atoms with E-state index in [-0.39, 0.29) is 10.9 Å². The molecule has 0 fully saturated rings. The number of pyridine rings is 1. The van der Waals surface area contributed by atoms with Gasteiger partial charge in [-0.1, -0.05) is 12.2 Å². The minimum absolute atomic E-state index is 0.260. The van der Waals surface area contributed by atoms with Crippen molar-refractivity contribution in [2.75, 3.05) is 11.6 Å². The van der Waals surface area contributed by atoms with Crippen molar-refractivity contribution in [3.05, 3.63) is 30.5 Å². The molecule has 4 nitrogen and oxygen atoms in total. The fourth-order valence-corrected chi connectivity index (χ4v) is 2.52. The van der Waals surface area contributed by atoms with Gasteiger partial charge in [0.05, 0.1) is 0 Å². The molecule has 0 saturated heterocycles. The van der Waals surface area contributed by atoms with Crippen LogP contribution in [0.1, 0.15) is 12.8 Å². The first-order valence-electron chi connectivity index (χ1n) is 5.14. The van der Waals surface area contributed by atoms with E-state index in [0.29, 0.717) is 5.82 Å². The zero-order valence-electron chi connectivity index (χ0n) is 9.05. The van der Waals surface area contributed by atoms with Crippen LogP contribution in [0.3, 0.4) is 0 Å². The summed E-state index contributed by atoms with van der Waals surface area (Å²) in [4.78, 5) is 4.36. The second-order valence-corrected chi connectivity index (χ2v) is 5.89. The normalized spacial score (nSPS) is 16.6. The van der Waals surface area contributed by atoms with Gasteiger partial charge in [0, 0.05) is 18.5 Å². The van der Waals surface area contributed by atoms with E-state index < -0.39 is 9.84 Å². The predicted molar refractivity (Wildman–Crippen MR) is 63.1 cm³/mol. The molecule has 0 amide bonds. The molecule has 0 atom stereocenters. The van der Waals surface area contributed by atoms with Gasteiger partial charge in [-0.2, -0.15) is 0 Å². The van der Waals surface area contributed by atoms with Crippen LogP contribution in [0.25, 0.3) is 0 Å². The second-order valence-electron chi connectivity index (χ2n) is 3.91. The molecule has 0 saturated carbocycles. The van der Waals surface area contributed by atoms with Crippen molar-refractivity contribution < 1.29 is 8.42 Å². The van der Waals surface area contributed by atoms with E-state index in [0.717, 1.165) is 12.8 Å². The standard InChI is InChI=1S/C11H14N2O2S/c1-16(14,15)10-7-4-8-12-11(10)13-9-5-2-3-6-9/h2-4,7-9H,5-6H2,1H3,(H,12,13). The number of sulfone groups is 1. The second kappa shape index (κ2) is 4.25. The molecular weight excluding hydrogens is 224 g/mol. The van der Waals surface area contributed by atoms with Crippen molar-refractivity contribution in [1.29, 1.82) is 0 Å². The van der Waals surface area contributed by atoms with Crippen LogP contribution < -0.4 is 5.32 Å². The molecule has 0 unspecified atom stereocenters. The monoisotopic (exact) mass is 238 g/mol. The maximum atomic E-state index is 11.5. The van der Waals surface area contributed by atoms with E-state index in [4.69, 9.17) is 0 Å². The molecule has 86 valence electrons. The summed E-state index contributed by atoms with van der Waals surface area (Å²) < 4.78 is 23.1. The number of nitrogens with one attached hydrogen (secondary N) is 1. The zero-order valence-corrected chi connectivity index (χ0v) is 9.87. The van der Waals surface area contributed by atoms with Gasteiger partial charge in [0.25, 0.3) is 0 Å². The average Bonchev–Trinajstić information content (AvgIpc) is 2.70. The third kappa shape index (κ3) is 2.41. The van der Waals surface area contributed by atoms with Crippen molar-refractivity contribution in [3.8, 4) is 0 Å². The van der Waals surface area contributed by atoms with E-state index in [1.165, 1.54) is 6.26 Å². The highest BCUT2D eigenvalue weighted by molar-refractivity contribution is 7.90. The van der Waals surface area contributed by atoms with Crippen LogP contribution in [-0.2, 0) is 9.84 Å². The average molecular weight is 238 g/mol. The van der Waals surface area contributed by atoms with Crippen LogP contribution in [0, 0.1) is 0 Å². The lowest BCUT2D eigenvalue weighted by Gasteiger charge is -2.14. The SMILES string of the molecule is CS(=O)(=O)c1cccnc1NC1CC=CC1. The number of hydrogen-bond acceptors (Lipinski definition) is 4. The molecule has 0 spiro atoms. The highest BCUT2D eigenvalue weighted by Crippen LogP contribution is 2.21. The Morgan fingerprint density at radius 1 is 1.38 bits per heavy atom. The number of anilines is 1. The molecule has 0 aliphatic heterocycles. The number of nitrogens with zero attached hydrogens (tertiary/aromatic N) is 1. The van der Waals surface area contributed by atoms with Crippen molar-refractivity contribution in [3.63, 3.8) is 0 Å². The molecule has 1 aromatic heterocycles. The van der Waals surface area contributed by atoms with E-state index in [1.807, 2.05) is 0 Å². The molecule has 1 aromatic rings. The van der Waals surface area contributed by atoms with Crippen LogP contribution in [0.2, 0.25) is 0 Å². The minimum atomic E-state index is -3.22. The highest BCUT2D eigenvalue weighted by Gasteiger charge is 2.17. The molecule has 1 heterocycles. The topological polar surface area (TPSA) is 59.1 Å². The maximum absolute atomic E-state index is 11.5. The Kier molecular flexibility index (Phi) is 2.96. The summed E-state index contributed by atoms with van der Waals surface area (Å²) in [6, 6.07) is 3.47. The van der Waals surface area contributed by atoms with E-state index in [9.17, 15) is 8.42 Å². The van der Waals surface area contributed by atoms with Crippen molar-refractivity contribution in [2.24, 2.45) is 0 Å². The van der Waals surface area contributed by atoms with Crippen LogP contribution in [0.5, 0.6) is 0 Å². The van der Waals surface area contributed by atoms with Gasteiger partial charge in [0.2, 0.25) is 0 Å². The van der Waals surface area contributed by atoms with Crippen molar-refractivity contribution in [1.82, 2.24) is 4.98 Å². The van der Waals surface area contributed by atoms with Crippen LogP contribution in [0.15, 0.2) is 35.4 Å². The molecule has 0 radical (unpaired) electrons. The first kappa shape index (κ1) is 11.1. The van der Waals surface area contributed by atoms with Crippen molar-refractivity contribution in [2.45, 2.75) is 23.8 Å². The van der Waals surface area contributed by atoms with E-state index in [1.54, 1.807) is 18.3 Å². The Morgan fingerprint density at radius 2 is 2.06 bits per heavy atom. The molecule has 2 rings (SSSR count). The number of hydrogen-bond donors (Lipinski definition) is 1. The molecule has 1 aliphatic rings. The third-order valence-electron chi connectivity index (χ3n) is 2.52. The van der Waals surface area contributed by atoms with Gasteiger partial charge in [-0.25, -0.2) is 13.4 Å². The van der Waals surface area contributed by atoms with Gasteiger partial charge in [-0.15, -0.1) is 0 Å². The number of aromatic nitrogens is 1. The smallest absolute Gasteiger partial charge is 0.179 e. The molecule has 5 heteroatoms. The lowest BCUT2D eigenvalue weighted by Crippen LogP contribution is -2.18. The van der Waals surface area contributed by atoms with Gasteiger partial charge < -0.3 is 5.32 Å². The molecule has 1 aliphatic carbocycles. The van der Waals surface area contributed by atoms with Gasteiger partial charge in [0.1, 0.15) is 10.7 Å². The first-order valence-corrected chi connectivity index (χ1v) is 7.03. The van der Waals surface area contributed by atoms with Gasteiger partial charge in [0.15, 0.2) is 9.84 Å². The predicted octanol–water partition coefficient (Wildman–Crippen LogP) is 1.62. The van der Waals surface area contributed by atoms with E-state index in [2.05, 4.69) is 22.5 Å². The van der Waals surface area contributed by atoms with Crippen LogP contribution in [-0.4, -0.2) is 25.7 Å². The molecule has 1 N–H and O–H groups in total. The van der Waals surface area contributed by atoms with E-state index >= 15 is 0 Å². The summed E-state index contributed by atoms with van der Waals surface area (Å²) >= 11 is 0. The maximum Gasteiger partial charge on any atom is 0.179 e. The fraction of sp³-hybridized carbons (Fsp3) is 0.364. The first-order chi connectivity index (χ1) is 7.57. The summed E-state index contributed by atoms with van der Waals surface area (Å²) in [6.45, 7) is 0. The van der Waals surface area contributed by atoms with Gasteiger partial charge in [-0.05, 0) is 25.0 Å².